The largest absolute Gasteiger partial charge is 0.384 e. The van der Waals surface area contributed by atoms with Gasteiger partial charge in [-0.05, 0) is 30.3 Å². The summed E-state index contributed by atoms with van der Waals surface area (Å²) >= 11 is 0. The molecular formula is C12H16N4O. The lowest BCUT2D eigenvalue weighted by Gasteiger charge is -2.21. The van der Waals surface area contributed by atoms with Crippen molar-refractivity contribution >= 4 is 17.3 Å². The molecule has 0 saturated carbocycles. The molecule has 0 aliphatic carbocycles. The molecule has 1 aliphatic heterocycles. The number of hydrazine groups is 1. The van der Waals surface area contributed by atoms with Crippen LogP contribution in [0.2, 0.25) is 0 Å². The van der Waals surface area contributed by atoms with Crippen molar-refractivity contribution in [2.75, 3.05) is 23.5 Å². The number of hydrogen-bond donors (Lipinski definition) is 2. The predicted molar refractivity (Wildman–Crippen MR) is 68.3 cm³/mol. The summed E-state index contributed by atoms with van der Waals surface area (Å²) in [7, 11) is 1.75. The maximum absolute atomic E-state index is 11.2. The summed E-state index contributed by atoms with van der Waals surface area (Å²) in [6.07, 6.45) is 1.91. The van der Waals surface area contributed by atoms with Crippen LogP contribution in [0.3, 0.4) is 0 Å². The van der Waals surface area contributed by atoms with Gasteiger partial charge in [-0.2, -0.15) is 0 Å². The number of rotatable bonds is 2. The van der Waals surface area contributed by atoms with Gasteiger partial charge in [0.25, 0.3) is 0 Å². The van der Waals surface area contributed by atoms with Crippen molar-refractivity contribution in [1.29, 1.82) is 0 Å². The summed E-state index contributed by atoms with van der Waals surface area (Å²) < 4.78 is 0. The molecule has 3 N–H and O–H groups in total. The number of benzene rings is 1. The first-order chi connectivity index (χ1) is 8.08. The molecule has 2 rings (SSSR count). The van der Waals surface area contributed by atoms with Gasteiger partial charge in [0.05, 0.1) is 12.2 Å². The standard InChI is InChI=1S/C12H16N4O/c1-9(17)15(2)10-3-5-11(6-4-10)16-8-7-12(13)14-16/h3-7,14H,8,13H2,1-2H3. The van der Waals surface area contributed by atoms with Crippen molar-refractivity contribution in [3.63, 3.8) is 0 Å². The van der Waals surface area contributed by atoms with E-state index in [0.717, 1.165) is 17.9 Å². The second-order valence-corrected chi connectivity index (χ2v) is 3.98. The van der Waals surface area contributed by atoms with Crippen LogP contribution in [-0.4, -0.2) is 19.5 Å². The second-order valence-electron chi connectivity index (χ2n) is 3.98. The van der Waals surface area contributed by atoms with Crippen molar-refractivity contribution in [3.8, 4) is 0 Å². The molecule has 1 amide bonds. The van der Waals surface area contributed by atoms with Gasteiger partial charge in [-0.3, -0.25) is 15.2 Å². The first kappa shape index (κ1) is 11.3. The van der Waals surface area contributed by atoms with Gasteiger partial charge >= 0.3 is 0 Å². The highest BCUT2D eigenvalue weighted by Gasteiger charge is 2.12. The average Bonchev–Trinajstić information content (AvgIpc) is 2.75. The predicted octanol–water partition coefficient (Wildman–Crippen LogP) is 0.794. The van der Waals surface area contributed by atoms with E-state index in [4.69, 9.17) is 5.73 Å². The third-order valence-electron chi connectivity index (χ3n) is 2.78. The van der Waals surface area contributed by atoms with E-state index in [1.165, 1.54) is 0 Å². The zero-order chi connectivity index (χ0) is 12.4. The van der Waals surface area contributed by atoms with Crippen molar-refractivity contribution in [2.45, 2.75) is 6.92 Å². The molecule has 5 heteroatoms. The zero-order valence-electron chi connectivity index (χ0n) is 9.97. The van der Waals surface area contributed by atoms with E-state index in [9.17, 15) is 4.79 Å². The first-order valence-corrected chi connectivity index (χ1v) is 5.42. The summed E-state index contributed by atoms with van der Waals surface area (Å²) in [6, 6.07) is 7.72. The Balaban J connectivity index is 2.11. The van der Waals surface area contributed by atoms with Gasteiger partial charge in [0.2, 0.25) is 5.91 Å². The monoisotopic (exact) mass is 232 g/mol. The second kappa shape index (κ2) is 4.37. The van der Waals surface area contributed by atoms with Crippen LogP contribution >= 0.6 is 0 Å². The van der Waals surface area contributed by atoms with E-state index < -0.39 is 0 Å². The highest BCUT2D eigenvalue weighted by Crippen LogP contribution is 2.20. The Hall–Kier alpha value is -2.17. The van der Waals surface area contributed by atoms with Crippen LogP contribution in [0, 0.1) is 0 Å². The number of nitrogens with zero attached hydrogens (tertiary/aromatic N) is 2. The SMILES string of the molecule is CC(=O)N(C)c1ccc(N2CC=C(N)N2)cc1. The van der Waals surface area contributed by atoms with Crippen molar-refractivity contribution < 1.29 is 4.79 Å². The minimum Gasteiger partial charge on any atom is -0.384 e. The molecule has 0 aromatic heterocycles. The molecule has 0 radical (unpaired) electrons. The van der Waals surface area contributed by atoms with Crippen LogP contribution in [0.15, 0.2) is 36.2 Å². The number of carbonyl (C=O) groups excluding carboxylic acids is 1. The quantitative estimate of drug-likeness (QED) is 0.791. The Morgan fingerprint density at radius 3 is 2.53 bits per heavy atom. The van der Waals surface area contributed by atoms with Gasteiger partial charge in [-0.25, -0.2) is 0 Å². The van der Waals surface area contributed by atoms with E-state index in [2.05, 4.69) is 5.43 Å². The van der Waals surface area contributed by atoms with Gasteiger partial charge in [-0.1, -0.05) is 0 Å². The molecular weight excluding hydrogens is 216 g/mol. The average molecular weight is 232 g/mol. The fourth-order valence-electron chi connectivity index (χ4n) is 1.64. The van der Waals surface area contributed by atoms with E-state index in [1.807, 2.05) is 35.4 Å². The van der Waals surface area contributed by atoms with Crippen LogP contribution in [0.5, 0.6) is 0 Å². The van der Waals surface area contributed by atoms with Gasteiger partial charge in [0.15, 0.2) is 0 Å². The van der Waals surface area contributed by atoms with Gasteiger partial charge in [0.1, 0.15) is 5.82 Å². The Morgan fingerprint density at radius 2 is 2.06 bits per heavy atom. The molecule has 1 heterocycles. The zero-order valence-corrected chi connectivity index (χ0v) is 9.97. The number of hydrogen-bond acceptors (Lipinski definition) is 4. The molecule has 0 spiro atoms. The van der Waals surface area contributed by atoms with Gasteiger partial charge in [-0.15, -0.1) is 0 Å². The molecule has 1 aliphatic rings. The first-order valence-electron chi connectivity index (χ1n) is 5.42. The molecule has 17 heavy (non-hydrogen) atoms. The van der Waals surface area contributed by atoms with E-state index >= 15 is 0 Å². The smallest absolute Gasteiger partial charge is 0.223 e. The van der Waals surface area contributed by atoms with Crippen molar-refractivity contribution in [3.05, 3.63) is 36.2 Å². The molecule has 0 atom stereocenters. The summed E-state index contributed by atoms with van der Waals surface area (Å²) in [6.45, 7) is 2.29. The lowest BCUT2D eigenvalue weighted by Crippen LogP contribution is -2.34. The highest BCUT2D eigenvalue weighted by molar-refractivity contribution is 5.91. The molecule has 0 unspecified atom stereocenters. The normalized spacial score (nSPS) is 14.2. The Kier molecular flexibility index (Phi) is 2.91. The maximum Gasteiger partial charge on any atom is 0.223 e. The summed E-state index contributed by atoms with van der Waals surface area (Å²) in [5.41, 5.74) is 10.6. The van der Waals surface area contributed by atoms with Crippen LogP contribution in [0.25, 0.3) is 0 Å². The van der Waals surface area contributed by atoms with Gasteiger partial charge < -0.3 is 10.6 Å². The molecule has 0 bridgehead atoms. The van der Waals surface area contributed by atoms with E-state index in [0.29, 0.717) is 5.82 Å². The summed E-state index contributed by atoms with van der Waals surface area (Å²) in [5, 5.41) is 1.94. The highest BCUT2D eigenvalue weighted by atomic mass is 16.2. The third kappa shape index (κ3) is 2.33. The lowest BCUT2D eigenvalue weighted by atomic mass is 10.2. The Bertz CT molecular complexity index is 452. The topological polar surface area (TPSA) is 61.6 Å². The molecule has 1 aromatic carbocycles. The van der Waals surface area contributed by atoms with Crippen molar-refractivity contribution in [2.24, 2.45) is 5.73 Å². The minimum atomic E-state index is 0.0166. The molecule has 1 aromatic rings. The van der Waals surface area contributed by atoms with Crippen molar-refractivity contribution in [1.82, 2.24) is 5.43 Å². The van der Waals surface area contributed by atoms with Crippen LogP contribution in [-0.2, 0) is 4.79 Å². The summed E-state index contributed by atoms with van der Waals surface area (Å²) in [4.78, 5) is 12.8. The minimum absolute atomic E-state index is 0.0166. The number of nitrogens with one attached hydrogen (secondary N) is 1. The third-order valence-corrected chi connectivity index (χ3v) is 2.78. The molecule has 5 nitrogen and oxygen atoms in total. The fraction of sp³-hybridized carbons (Fsp3) is 0.250. The number of amides is 1. The lowest BCUT2D eigenvalue weighted by molar-refractivity contribution is -0.116. The number of carbonyl (C=O) groups is 1. The van der Waals surface area contributed by atoms with Crippen LogP contribution < -0.4 is 21.1 Å². The van der Waals surface area contributed by atoms with Crippen LogP contribution in [0.1, 0.15) is 6.92 Å². The molecule has 0 saturated heterocycles. The number of nitrogens with two attached hydrogens (primary N) is 1. The molecule has 0 fully saturated rings. The molecule has 90 valence electrons. The fourth-order valence-corrected chi connectivity index (χ4v) is 1.64. The van der Waals surface area contributed by atoms with E-state index in [1.54, 1.807) is 18.9 Å². The number of anilines is 2. The van der Waals surface area contributed by atoms with Crippen LogP contribution in [0.4, 0.5) is 11.4 Å². The Labute approximate surface area is 100 Å². The van der Waals surface area contributed by atoms with E-state index in [-0.39, 0.29) is 5.91 Å². The van der Waals surface area contributed by atoms with Gasteiger partial charge in [0, 0.05) is 19.7 Å². The summed E-state index contributed by atoms with van der Waals surface area (Å²) in [5.74, 6) is 0.679. The maximum atomic E-state index is 11.2. The Morgan fingerprint density at radius 1 is 1.41 bits per heavy atom.